The quantitative estimate of drug-likeness (QED) is 0.385. The molecule has 0 fully saturated rings. The molecule has 0 saturated heterocycles. The minimum Gasteiger partial charge on any atom is -0.383 e. The normalized spacial score (nSPS) is 12.4. The second-order valence-electron chi connectivity index (χ2n) is 6.33. The zero-order valence-electron chi connectivity index (χ0n) is 16.1. The van der Waals surface area contributed by atoms with Crippen LogP contribution in [0.4, 0.5) is 5.69 Å². The number of ether oxygens (including phenoxy) is 1. The molecule has 11 heteroatoms. The Kier molecular flexibility index (Phi) is 6.75. The number of rotatable bonds is 8. The molecule has 0 saturated carbocycles. The third-order valence-corrected chi connectivity index (χ3v) is 7.09. The minimum atomic E-state index is -3.59. The van der Waals surface area contributed by atoms with Crippen molar-refractivity contribution in [2.45, 2.75) is 17.9 Å². The second-order valence-corrected chi connectivity index (χ2v) is 9.44. The summed E-state index contributed by atoms with van der Waals surface area (Å²) < 4.78 is 32.2. The van der Waals surface area contributed by atoms with Gasteiger partial charge in [0, 0.05) is 32.2 Å². The number of nitrogens with zero attached hydrogens (tertiary/aromatic N) is 3. The van der Waals surface area contributed by atoms with Crippen LogP contribution < -0.4 is 4.80 Å². The number of non-ortho nitro benzene ring substituents is 1. The SMILES string of the molecule is COCCn1c(=NC(=O)CCS(=O)(=O)c2ccccc2)sc2ccc([N+](=O)[O-])cc21. The predicted octanol–water partition coefficient (Wildman–Crippen LogP) is 2.55. The van der Waals surface area contributed by atoms with Gasteiger partial charge in [-0.2, -0.15) is 4.99 Å². The van der Waals surface area contributed by atoms with Crippen molar-refractivity contribution in [3.05, 3.63) is 63.4 Å². The summed E-state index contributed by atoms with van der Waals surface area (Å²) in [7, 11) is -2.07. The molecule has 0 atom stereocenters. The predicted molar refractivity (Wildman–Crippen MR) is 112 cm³/mol. The molecule has 0 aliphatic rings. The van der Waals surface area contributed by atoms with Crippen LogP contribution in [-0.4, -0.2) is 43.3 Å². The number of benzene rings is 2. The summed E-state index contributed by atoms with van der Waals surface area (Å²) >= 11 is 1.20. The number of sulfone groups is 1. The molecule has 158 valence electrons. The van der Waals surface area contributed by atoms with E-state index in [1.54, 1.807) is 28.8 Å². The molecule has 0 unspecified atom stereocenters. The van der Waals surface area contributed by atoms with Crippen LogP contribution in [0.2, 0.25) is 0 Å². The van der Waals surface area contributed by atoms with E-state index in [9.17, 15) is 23.3 Å². The van der Waals surface area contributed by atoms with Crippen LogP contribution >= 0.6 is 11.3 Å². The molecule has 1 aromatic heterocycles. The summed E-state index contributed by atoms with van der Waals surface area (Å²) in [5.74, 6) is -0.935. The molecule has 2 aromatic carbocycles. The Morgan fingerprint density at radius 3 is 2.63 bits per heavy atom. The summed E-state index contributed by atoms with van der Waals surface area (Å²) in [6, 6.07) is 12.3. The number of hydrogen-bond donors (Lipinski definition) is 0. The van der Waals surface area contributed by atoms with Crippen molar-refractivity contribution in [3.8, 4) is 0 Å². The number of fused-ring (bicyclic) bond motifs is 1. The molecule has 9 nitrogen and oxygen atoms in total. The van der Waals surface area contributed by atoms with E-state index in [1.807, 2.05) is 0 Å². The highest BCUT2D eigenvalue weighted by atomic mass is 32.2. The summed E-state index contributed by atoms with van der Waals surface area (Å²) in [5.41, 5.74) is 0.494. The van der Waals surface area contributed by atoms with Crippen LogP contribution in [0.5, 0.6) is 0 Å². The minimum absolute atomic E-state index is 0.0710. The van der Waals surface area contributed by atoms with Crippen LogP contribution in [-0.2, 0) is 25.9 Å². The van der Waals surface area contributed by atoms with Gasteiger partial charge >= 0.3 is 0 Å². The van der Waals surface area contributed by atoms with E-state index in [2.05, 4.69) is 4.99 Å². The highest BCUT2D eigenvalue weighted by molar-refractivity contribution is 7.91. The molecule has 0 spiro atoms. The van der Waals surface area contributed by atoms with Crippen LogP contribution in [0, 0.1) is 10.1 Å². The molecule has 1 amide bonds. The first-order valence-electron chi connectivity index (χ1n) is 8.94. The topological polar surface area (TPSA) is 121 Å². The van der Waals surface area contributed by atoms with E-state index in [1.165, 1.54) is 42.7 Å². The number of aromatic nitrogens is 1. The van der Waals surface area contributed by atoms with E-state index in [-0.39, 0.29) is 22.8 Å². The van der Waals surface area contributed by atoms with Gasteiger partial charge in [0.1, 0.15) is 0 Å². The van der Waals surface area contributed by atoms with Crippen molar-refractivity contribution in [1.82, 2.24) is 4.57 Å². The first kappa shape index (κ1) is 21.8. The fourth-order valence-electron chi connectivity index (χ4n) is 2.78. The molecular weight excluding hydrogens is 430 g/mol. The molecule has 0 bridgehead atoms. The highest BCUT2D eigenvalue weighted by Crippen LogP contribution is 2.23. The summed E-state index contributed by atoms with van der Waals surface area (Å²) in [4.78, 5) is 27.6. The lowest BCUT2D eigenvalue weighted by molar-refractivity contribution is -0.384. The van der Waals surface area contributed by atoms with Crippen molar-refractivity contribution < 1.29 is 22.9 Å². The van der Waals surface area contributed by atoms with Crippen LogP contribution in [0.25, 0.3) is 10.2 Å². The number of hydrogen-bond acceptors (Lipinski definition) is 7. The monoisotopic (exact) mass is 449 g/mol. The third kappa shape index (κ3) is 4.99. The Labute approximate surface area is 176 Å². The van der Waals surface area contributed by atoms with Gasteiger partial charge in [-0.25, -0.2) is 8.42 Å². The van der Waals surface area contributed by atoms with Crippen molar-refractivity contribution >= 4 is 43.0 Å². The van der Waals surface area contributed by atoms with E-state index >= 15 is 0 Å². The Hall–Kier alpha value is -2.89. The molecule has 0 radical (unpaired) electrons. The van der Waals surface area contributed by atoms with E-state index in [0.717, 1.165) is 4.70 Å². The van der Waals surface area contributed by atoms with Gasteiger partial charge in [-0.05, 0) is 18.2 Å². The Morgan fingerprint density at radius 1 is 1.23 bits per heavy atom. The number of thiazole rings is 1. The zero-order chi connectivity index (χ0) is 21.7. The maximum Gasteiger partial charge on any atom is 0.271 e. The lowest BCUT2D eigenvalue weighted by Gasteiger charge is -2.04. The number of nitro benzene ring substituents is 1. The van der Waals surface area contributed by atoms with Crippen molar-refractivity contribution in [3.63, 3.8) is 0 Å². The van der Waals surface area contributed by atoms with Gasteiger partial charge in [0.05, 0.1) is 32.4 Å². The number of methoxy groups -OCH3 is 1. The average molecular weight is 450 g/mol. The van der Waals surface area contributed by atoms with Crippen molar-refractivity contribution in [2.75, 3.05) is 19.5 Å². The molecule has 1 heterocycles. The van der Waals surface area contributed by atoms with E-state index < -0.39 is 20.7 Å². The third-order valence-electron chi connectivity index (χ3n) is 4.30. The smallest absolute Gasteiger partial charge is 0.271 e. The zero-order valence-corrected chi connectivity index (χ0v) is 17.7. The molecule has 0 aliphatic carbocycles. The van der Waals surface area contributed by atoms with E-state index in [4.69, 9.17) is 4.74 Å². The van der Waals surface area contributed by atoms with Crippen molar-refractivity contribution in [1.29, 1.82) is 0 Å². The molecular formula is C19H19N3O6S2. The summed E-state index contributed by atoms with van der Waals surface area (Å²) in [6.45, 7) is 0.657. The van der Waals surface area contributed by atoms with Crippen LogP contribution in [0.15, 0.2) is 58.4 Å². The summed E-state index contributed by atoms with van der Waals surface area (Å²) in [5, 5.41) is 11.1. The Morgan fingerprint density at radius 2 is 1.97 bits per heavy atom. The lowest BCUT2D eigenvalue weighted by Crippen LogP contribution is -2.20. The lowest BCUT2D eigenvalue weighted by atomic mass is 10.3. The molecule has 3 rings (SSSR count). The second kappa shape index (κ2) is 9.28. The van der Waals surface area contributed by atoms with Gasteiger partial charge in [-0.3, -0.25) is 14.9 Å². The number of amides is 1. The Bertz CT molecular complexity index is 1250. The van der Waals surface area contributed by atoms with Crippen LogP contribution in [0.3, 0.4) is 0 Å². The molecule has 0 N–H and O–H groups in total. The highest BCUT2D eigenvalue weighted by Gasteiger charge is 2.17. The Balaban J connectivity index is 1.90. The number of nitro groups is 1. The van der Waals surface area contributed by atoms with Gasteiger partial charge in [0.2, 0.25) is 5.91 Å². The molecule has 0 aliphatic heterocycles. The maximum atomic E-state index is 12.4. The van der Waals surface area contributed by atoms with Gasteiger partial charge in [-0.1, -0.05) is 29.5 Å². The number of carbonyl (C=O) groups is 1. The van der Waals surface area contributed by atoms with Gasteiger partial charge in [0.15, 0.2) is 14.6 Å². The fraction of sp³-hybridized carbons (Fsp3) is 0.263. The van der Waals surface area contributed by atoms with Gasteiger partial charge in [0.25, 0.3) is 5.69 Å². The van der Waals surface area contributed by atoms with Gasteiger partial charge in [-0.15, -0.1) is 0 Å². The standard InChI is InChI=1S/C19H19N3O6S2/c1-28-11-10-21-16-13-14(22(24)25)7-8-17(16)29-19(21)20-18(23)9-12-30(26,27)15-5-3-2-4-6-15/h2-8,13H,9-12H2,1H3. The number of carbonyl (C=O) groups excluding carboxylic acids is 1. The summed E-state index contributed by atoms with van der Waals surface area (Å²) in [6.07, 6.45) is -0.268. The molecule has 3 aromatic rings. The average Bonchev–Trinajstić information content (AvgIpc) is 3.07. The first-order chi connectivity index (χ1) is 14.3. The maximum absolute atomic E-state index is 12.4. The van der Waals surface area contributed by atoms with E-state index in [0.29, 0.717) is 23.5 Å². The fourth-order valence-corrected chi connectivity index (χ4v) is 5.09. The first-order valence-corrected chi connectivity index (χ1v) is 11.4. The van der Waals surface area contributed by atoms with Gasteiger partial charge < -0.3 is 9.30 Å². The molecule has 30 heavy (non-hydrogen) atoms. The largest absolute Gasteiger partial charge is 0.383 e. The van der Waals surface area contributed by atoms with Crippen LogP contribution in [0.1, 0.15) is 6.42 Å². The van der Waals surface area contributed by atoms with Crippen molar-refractivity contribution in [2.24, 2.45) is 4.99 Å².